The van der Waals surface area contributed by atoms with Gasteiger partial charge < -0.3 is 10.5 Å². The Bertz CT molecular complexity index is 1020. The fourth-order valence-electron chi connectivity index (χ4n) is 3.91. The maximum Gasteiger partial charge on any atom is 0.269 e. The van der Waals surface area contributed by atoms with E-state index >= 15 is 0 Å². The molecular formula is C19H16ClN5O3. The van der Waals surface area contributed by atoms with Crippen LogP contribution in [-0.2, 0) is 4.74 Å². The predicted molar refractivity (Wildman–Crippen MR) is 101 cm³/mol. The van der Waals surface area contributed by atoms with Crippen LogP contribution < -0.4 is 16.6 Å². The van der Waals surface area contributed by atoms with Gasteiger partial charge in [0.05, 0.1) is 16.5 Å². The molecule has 0 spiro atoms. The van der Waals surface area contributed by atoms with E-state index in [0.29, 0.717) is 10.6 Å². The molecule has 4 atom stereocenters. The quantitative estimate of drug-likeness (QED) is 0.536. The largest absolute Gasteiger partial charge is 0.458 e. The summed E-state index contributed by atoms with van der Waals surface area (Å²) in [5.41, 5.74) is 13.9. The highest BCUT2D eigenvalue weighted by atomic mass is 35.5. The number of allylic oxidation sites excluding steroid dienone is 1. The number of hydrogen-bond donors (Lipinski definition) is 3. The van der Waals surface area contributed by atoms with Crippen molar-refractivity contribution < 1.29 is 9.66 Å². The predicted octanol–water partition coefficient (Wildman–Crippen LogP) is 2.85. The summed E-state index contributed by atoms with van der Waals surface area (Å²) in [6.45, 7) is 0. The van der Waals surface area contributed by atoms with Crippen LogP contribution in [0.2, 0.25) is 5.02 Å². The number of nitrogens with two attached hydrogens (primary N) is 1. The van der Waals surface area contributed by atoms with E-state index in [1.807, 2.05) is 18.2 Å². The zero-order valence-corrected chi connectivity index (χ0v) is 15.3. The smallest absolute Gasteiger partial charge is 0.269 e. The number of nitrogens with one attached hydrogen (secondary N) is 2. The average molecular weight is 398 g/mol. The number of nitrogens with zero attached hydrogens (tertiary/aromatic N) is 2. The molecule has 1 saturated heterocycles. The molecule has 2 aliphatic rings. The van der Waals surface area contributed by atoms with Crippen LogP contribution in [-0.4, -0.2) is 11.2 Å². The van der Waals surface area contributed by atoms with Gasteiger partial charge in [0.1, 0.15) is 6.07 Å². The van der Waals surface area contributed by atoms with Gasteiger partial charge in [-0.2, -0.15) is 5.26 Å². The van der Waals surface area contributed by atoms with Crippen molar-refractivity contribution >= 4 is 17.3 Å². The Balaban J connectivity index is 1.84. The molecule has 2 heterocycles. The Kier molecular flexibility index (Phi) is 4.65. The lowest BCUT2D eigenvalue weighted by atomic mass is 9.74. The molecule has 0 aromatic heterocycles. The van der Waals surface area contributed by atoms with Gasteiger partial charge in [0.2, 0.25) is 5.88 Å². The summed E-state index contributed by atoms with van der Waals surface area (Å²) in [6, 6.07) is 15.4. The molecule has 2 aliphatic heterocycles. The number of halogens is 1. The van der Waals surface area contributed by atoms with E-state index in [0.717, 1.165) is 5.56 Å². The topological polar surface area (TPSA) is 126 Å². The number of benzene rings is 2. The highest BCUT2D eigenvalue weighted by molar-refractivity contribution is 6.31. The zero-order chi connectivity index (χ0) is 19.8. The summed E-state index contributed by atoms with van der Waals surface area (Å²) < 4.78 is 5.72. The molecule has 4 unspecified atom stereocenters. The minimum Gasteiger partial charge on any atom is -0.458 e. The first-order valence-electron chi connectivity index (χ1n) is 8.57. The van der Waals surface area contributed by atoms with Crippen molar-refractivity contribution in [1.82, 2.24) is 10.9 Å². The molecule has 28 heavy (non-hydrogen) atoms. The number of nitro benzene ring substituents is 1. The molecule has 8 nitrogen and oxygen atoms in total. The molecule has 9 heteroatoms. The van der Waals surface area contributed by atoms with Gasteiger partial charge in [-0.15, -0.1) is 0 Å². The van der Waals surface area contributed by atoms with Crippen molar-refractivity contribution in [2.24, 2.45) is 11.7 Å². The highest BCUT2D eigenvalue weighted by Gasteiger charge is 2.49. The third kappa shape index (κ3) is 2.96. The summed E-state index contributed by atoms with van der Waals surface area (Å²) >= 11 is 6.43. The fraction of sp³-hybridized carbons (Fsp3) is 0.211. The van der Waals surface area contributed by atoms with E-state index < -0.39 is 17.1 Å². The molecule has 0 radical (unpaired) electrons. The van der Waals surface area contributed by atoms with E-state index in [9.17, 15) is 15.4 Å². The van der Waals surface area contributed by atoms with E-state index in [4.69, 9.17) is 22.1 Å². The summed E-state index contributed by atoms with van der Waals surface area (Å²) in [4.78, 5) is 10.7. The second-order valence-electron chi connectivity index (χ2n) is 6.62. The molecule has 0 aliphatic carbocycles. The van der Waals surface area contributed by atoms with Crippen molar-refractivity contribution in [3.05, 3.63) is 86.3 Å². The number of hydrazine groups is 1. The van der Waals surface area contributed by atoms with Gasteiger partial charge in [-0.25, -0.2) is 10.9 Å². The van der Waals surface area contributed by atoms with Gasteiger partial charge in [-0.3, -0.25) is 10.1 Å². The van der Waals surface area contributed by atoms with Gasteiger partial charge in [0, 0.05) is 29.0 Å². The van der Waals surface area contributed by atoms with E-state index in [-0.39, 0.29) is 29.1 Å². The number of rotatable bonds is 3. The van der Waals surface area contributed by atoms with E-state index in [1.165, 1.54) is 12.1 Å². The van der Waals surface area contributed by atoms with Crippen LogP contribution in [0.15, 0.2) is 60.0 Å². The summed E-state index contributed by atoms with van der Waals surface area (Å²) in [5, 5.41) is 21.4. The number of non-ortho nitro benzene ring substituents is 1. The van der Waals surface area contributed by atoms with Crippen molar-refractivity contribution in [1.29, 1.82) is 5.26 Å². The minimum atomic E-state index is -0.525. The van der Waals surface area contributed by atoms with Crippen LogP contribution in [0.3, 0.4) is 0 Å². The van der Waals surface area contributed by atoms with Crippen LogP contribution >= 0.6 is 11.6 Å². The second kappa shape index (κ2) is 7.13. The van der Waals surface area contributed by atoms with Gasteiger partial charge in [0.25, 0.3) is 5.69 Å². The molecule has 4 rings (SSSR count). The van der Waals surface area contributed by atoms with Crippen molar-refractivity contribution in [2.45, 2.75) is 18.2 Å². The normalized spacial score (nSPS) is 26.3. The summed E-state index contributed by atoms with van der Waals surface area (Å²) in [7, 11) is 0. The molecule has 142 valence electrons. The monoisotopic (exact) mass is 397 g/mol. The molecule has 2 aromatic carbocycles. The molecule has 1 fully saturated rings. The maximum atomic E-state index is 11.2. The van der Waals surface area contributed by atoms with Crippen LogP contribution in [0.5, 0.6) is 0 Å². The lowest BCUT2D eigenvalue weighted by Crippen LogP contribution is -2.41. The first-order valence-corrected chi connectivity index (χ1v) is 8.95. The number of ether oxygens (including phenoxy) is 1. The minimum absolute atomic E-state index is 0.00988. The molecule has 4 N–H and O–H groups in total. The SMILES string of the molecule is N#CC1=C(N)OC2NNC(c3cccc([N+](=O)[O-])c3)C2C1c1ccccc1Cl. The molecule has 0 saturated carbocycles. The van der Waals surface area contributed by atoms with Crippen molar-refractivity contribution in [3.63, 3.8) is 0 Å². The van der Waals surface area contributed by atoms with Crippen LogP contribution in [0, 0.1) is 27.4 Å². The third-order valence-corrected chi connectivity index (χ3v) is 5.48. The Labute approximate surface area is 165 Å². The van der Waals surface area contributed by atoms with Gasteiger partial charge in [0.15, 0.2) is 6.23 Å². The first-order chi connectivity index (χ1) is 13.5. The zero-order valence-electron chi connectivity index (χ0n) is 14.5. The van der Waals surface area contributed by atoms with Crippen molar-refractivity contribution in [2.75, 3.05) is 0 Å². The van der Waals surface area contributed by atoms with E-state index in [1.54, 1.807) is 18.2 Å². The van der Waals surface area contributed by atoms with Crippen LogP contribution in [0.4, 0.5) is 5.69 Å². The van der Waals surface area contributed by atoms with E-state index in [2.05, 4.69) is 16.9 Å². The Morgan fingerprint density at radius 2 is 2.00 bits per heavy atom. The Hall–Kier alpha value is -3.12. The highest BCUT2D eigenvalue weighted by Crippen LogP contribution is 2.48. The van der Waals surface area contributed by atoms with Gasteiger partial charge in [-0.1, -0.05) is 41.9 Å². The van der Waals surface area contributed by atoms with Crippen LogP contribution in [0.1, 0.15) is 23.1 Å². The number of nitro groups is 1. The average Bonchev–Trinajstić information content (AvgIpc) is 3.11. The van der Waals surface area contributed by atoms with Crippen molar-refractivity contribution in [3.8, 4) is 6.07 Å². The Morgan fingerprint density at radius 1 is 1.21 bits per heavy atom. The standard InChI is InChI=1S/C19H16ClN5O3/c20-14-7-2-1-6-12(14)15-13(9-21)18(22)28-19-16(15)17(23-24-19)10-4-3-5-11(8-10)25(26)27/h1-8,15-17,19,23-24H,22H2. The molecule has 2 aromatic rings. The number of hydrogen-bond acceptors (Lipinski definition) is 7. The lowest BCUT2D eigenvalue weighted by Gasteiger charge is -2.36. The number of nitriles is 1. The Morgan fingerprint density at radius 3 is 2.71 bits per heavy atom. The third-order valence-electron chi connectivity index (χ3n) is 5.13. The molecular weight excluding hydrogens is 382 g/mol. The number of fused-ring (bicyclic) bond motifs is 1. The first kappa shape index (κ1) is 18.3. The summed E-state index contributed by atoms with van der Waals surface area (Å²) in [5.74, 6) is -0.698. The molecule has 0 bridgehead atoms. The second-order valence-corrected chi connectivity index (χ2v) is 7.03. The van der Waals surface area contributed by atoms with Gasteiger partial charge in [-0.05, 0) is 17.2 Å². The summed E-state index contributed by atoms with van der Waals surface area (Å²) in [6.07, 6.45) is -0.525. The van der Waals surface area contributed by atoms with Gasteiger partial charge >= 0.3 is 0 Å². The fourth-order valence-corrected chi connectivity index (χ4v) is 4.17. The lowest BCUT2D eigenvalue weighted by molar-refractivity contribution is -0.384. The maximum absolute atomic E-state index is 11.2. The van der Waals surface area contributed by atoms with Crippen LogP contribution in [0.25, 0.3) is 0 Å². The molecule has 0 amide bonds.